The van der Waals surface area contributed by atoms with Crippen LogP contribution in [0.15, 0.2) is 22.7 Å². The van der Waals surface area contributed by atoms with Gasteiger partial charge in [0.1, 0.15) is 0 Å². The molecular weight excluding hydrogens is 317 g/mol. The topological polar surface area (TPSA) is 3.24 Å². The van der Waals surface area contributed by atoms with E-state index >= 15 is 0 Å². The standard InChI is InChI=1S/C8H9BrIN/c1-11(2)8-4-3-6(9)5-7(8)10/h3-5H,1-2H3. The minimum Gasteiger partial charge on any atom is -0.377 e. The number of nitrogens with zero attached hydrogens (tertiary/aromatic N) is 1. The first-order chi connectivity index (χ1) is 5.11. The summed E-state index contributed by atoms with van der Waals surface area (Å²) in [6.45, 7) is 0. The second-order valence-corrected chi connectivity index (χ2v) is 4.57. The van der Waals surface area contributed by atoms with Gasteiger partial charge in [0.05, 0.1) is 0 Å². The molecule has 11 heavy (non-hydrogen) atoms. The van der Waals surface area contributed by atoms with Gasteiger partial charge in [-0.1, -0.05) is 15.9 Å². The SMILES string of the molecule is CN(C)c1ccc(Br)cc1I. The van der Waals surface area contributed by atoms with Gasteiger partial charge in [0.25, 0.3) is 0 Å². The monoisotopic (exact) mass is 325 g/mol. The molecule has 0 fully saturated rings. The molecule has 0 bridgehead atoms. The van der Waals surface area contributed by atoms with Gasteiger partial charge >= 0.3 is 0 Å². The maximum Gasteiger partial charge on any atom is 0.0497 e. The van der Waals surface area contributed by atoms with Crippen LogP contribution in [0, 0.1) is 3.57 Å². The molecule has 0 aliphatic rings. The summed E-state index contributed by atoms with van der Waals surface area (Å²) in [6.07, 6.45) is 0. The van der Waals surface area contributed by atoms with Gasteiger partial charge in [-0.15, -0.1) is 0 Å². The van der Waals surface area contributed by atoms with E-state index in [9.17, 15) is 0 Å². The molecule has 0 N–H and O–H groups in total. The molecule has 0 radical (unpaired) electrons. The fraction of sp³-hybridized carbons (Fsp3) is 0.250. The largest absolute Gasteiger partial charge is 0.377 e. The Kier molecular flexibility index (Phi) is 3.18. The Bertz CT molecular complexity index is 260. The zero-order chi connectivity index (χ0) is 8.43. The van der Waals surface area contributed by atoms with E-state index < -0.39 is 0 Å². The molecule has 0 aliphatic carbocycles. The first-order valence-electron chi connectivity index (χ1n) is 3.23. The fourth-order valence-electron chi connectivity index (χ4n) is 0.844. The number of hydrogen-bond acceptors (Lipinski definition) is 1. The molecule has 0 saturated carbocycles. The molecule has 0 aliphatic heterocycles. The molecule has 3 heteroatoms. The molecule has 0 atom stereocenters. The van der Waals surface area contributed by atoms with Crippen LogP contribution in [0.1, 0.15) is 0 Å². The Morgan fingerprint density at radius 2 is 2.00 bits per heavy atom. The number of hydrogen-bond donors (Lipinski definition) is 0. The molecule has 0 aromatic heterocycles. The van der Waals surface area contributed by atoms with Crippen LogP contribution in [0.5, 0.6) is 0 Å². The Morgan fingerprint density at radius 3 is 2.45 bits per heavy atom. The lowest BCUT2D eigenvalue weighted by Crippen LogP contribution is -2.09. The molecule has 1 rings (SSSR count). The van der Waals surface area contributed by atoms with Crippen molar-refractivity contribution in [1.82, 2.24) is 0 Å². The van der Waals surface area contributed by atoms with E-state index in [-0.39, 0.29) is 0 Å². The van der Waals surface area contributed by atoms with E-state index in [1.807, 2.05) is 14.1 Å². The first kappa shape index (κ1) is 9.32. The predicted molar refractivity (Wildman–Crippen MR) is 61.2 cm³/mol. The Labute approximate surface area is 89.1 Å². The van der Waals surface area contributed by atoms with Gasteiger partial charge in [-0.2, -0.15) is 0 Å². The van der Waals surface area contributed by atoms with Crippen LogP contribution in [0.2, 0.25) is 0 Å². The maximum atomic E-state index is 3.42. The zero-order valence-electron chi connectivity index (χ0n) is 6.44. The van der Waals surface area contributed by atoms with Crippen LogP contribution in [0.25, 0.3) is 0 Å². The van der Waals surface area contributed by atoms with Crippen LogP contribution in [-0.4, -0.2) is 14.1 Å². The lowest BCUT2D eigenvalue weighted by atomic mass is 10.3. The summed E-state index contributed by atoms with van der Waals surface area (Å²) in [6, 6.07) is 6.26. The summed E-state index contributed by atoms with van der Waals surface area (Å²) >= 11 is 5.75. The van der Waals surface area contributed by atoms with Crippen molar-refractivity contribution in [1.29, 1.82) is 0 Å². The maximum absolute atomic E-state index is 3.42. The lowest BCUT2D eigenvalue weighted by molar-refractivity contribution is 1.12. The summed E-state index contributed by atoms with van der Waals surface area (Å²) in [4.78, 5) is 2.11. The zero-order valence-corrected chi connectivity index (χ0v) is 10.2. The van der Waals surface area contributed by atoms with Gasteiger partial charge in [0.15, 0.2) is 0 Å². The quantitative estimate of drug-likeness (QED) is 0.717. The van der Waals surface area contributed by atoms with Crippen molar-refractivity contribution in [2.75, 3.05) is 19.0 Å². The highest BCUT2D eigenvalue weighted by Crippen LogP contribution is 2.24. The molecule has 1 nitrogen and oxygen atoms in total. The summed E-state index contributed by atoms with van der Waals surface area (Å²) < 4.78 is 2.40. The number of rotatable bonds is 1. The minimum atomic E-state index is 1.13. The van der Waals surface area contributed by atoms with Gasteiger partial charge < -0.3 is 4.90 Å². The first-order valence-corrected chi connectivity index (χ1v) is 5.11. The summed E-state index contributed by atoms with van der Waals surface area (Å²) in [7, 11) is 4.09. The molecule has 0 heterocycles. The highest BCUT2D eigenvalue weighted by molar-refractivity contribution is 14.1. The summed E-state index contributed by atoms with van der Waals surface area (Å²) in [5.41, 5.74) is 1.26. The van der Waals surface area contributed by atoms with Crippen LogP contribution < -0.4 is 4.90 Å². The second kappa shape index (κ2) is 3.76. The smallest absolute Gasteiger partial charge is 0.0497 e. The van der Waals surface area contributed by atoms with Crippen LogP contribution in [-0.2, 0) is 0 Å². The number of benzene rings is 1. The van der Waals surface area contributed by atoms with E-state index in [1.165, 1.54) is 9.26 Å². The Morgan fingerprint density at radius 1 is 1.36 bits per heavy atom. The molecule has 0 unspecified atom stereocenters. The molecule has 1 aromatic carbocycles. The number of halogens is 2. The van der Waals surface area contributed by atoms with Crippen molar-refractivity contribution in [3.8, 4) is 0 Å². The van der Waals surface area contributed by atoms with E-state index in [2.05, 4.69) is 61.6 Å². The van der Waals surface area contributed by atoms with E-state index in [0.717, 1.165) is 4.47 Å². The molecule has 0 saturated heterocycles. The summed E-state index contributed by atoms with van der Waals surface area (Å²) in [5.74, 6) is 0. The van der Waals surface area contributed by atoms with Gasteiger partial charge in [-0.3, -0.25) is 0 Å². The van der Waals surface area contributed by atoms with Crippen molar-refractivity contribution < 1.29 is 0 Å². The Balaban J connectivity index is 3.09. The highest BCUT2D eigenvalue weighted by Gasteiger charge is 2.00. The third-order valence-corrected chi connectivity index (χ3v) is 2.75. The highest BCUT2D eigenvalue weighted by atomic mass is 127. The van der Waals surface area contributed by atoms with Crippen molar-refractivity contribution >= 4 is 44.2 Å². The predicted octanol–water partition coefficient (Wildman–Crippen LogP) is 3.12. The third kappa shape index (κ3) is 2.33. The normalized spacial score (nSPS) is 9.82. The second-order valence-electron chi connectivity index (χ2n) is 2.49. The van der Waals surface area contributed by atoms with E-state index in [1.54, 1.807) is 0 Å². The molecule has 0 amide bonds. The fourth-order valence-corrected chi connectivity index (χ4v) is 2.63. The van der Waals surface area contributed by atoms with Crippen molar-refractivity contribution in [2.45, 2.75) is 0 Å². The van der Waals surface area contributed by atoms with Crippen molar-refractivity contribution in [3.05, 3.63) is 26.2 Å². The lowest BCUT2D eigenvalue weighted by Gasteiger charge is -2.14. The third-order valence-electron chi connectivity index (χ3n) is 1.39. The van der Waals surface area contributed by atoms with Gasteiger partial charge in [0.2, 0.25) is 0 Å². The average molecular weight is 326 g/mol. The molecule has 1 aromatic rings. The van der Waals surface area contributed by atoms with Gasteiger partial charge in [-0.25, -0.2) is 0 Å². The van der Waals surface area contributed by atoms with Gasteiger partial charge in [-0.05, 0) is 40.8 Å². The van der Waals surface area contributed by atoms with Crippen molar-refractivity contribution in [3.63, 3.8) is 0 Å². The van der Waals surface area contributed by atoms with Crippen molar-refractivity contribution in [2.24, 2.45) is 0 Å². The molecule has 60 valence electrons. The minimum absolute atomic E-state index is 1.13. The summed E-state index contributed by atoms with van der Waals surface area (Å²) in [5, 5.41) is 0. The van der Waals surface area contributed by atoms with Crippen LogP contribution in [0.4, 0.5) is 5.69 Å². The molecule has 0 spiro atoms. The average Bonchev–Trinajstić information content (AvgIpc) is 1.85. The van der Waals surface area contributed by atoms with Crippen LogP contribution >= 0.6 is 38.5 Å². The Hall–Kier alpha value is 0.230. The van der Waals surface area contributed by atoms with E-state index in [0.29, 0.717) is 0 Å². The van der Waals surface area contributed by atoms with Gasteiger partial charge in [0, 0.05) is 27.8 Å². The number of anilines is 1. The molecular formula is C8H9BrIN. The van der Waals surface area contributed by atoms with E-state index in [4.69, 9.17) is 0 Å². The van der Waals surface area contributed by atoms with Crippen LogP contribution in [0.3, 0.4) is 0 Å².